The molecule has 1 saturated heterocycles. The number of anilines is 3. The summed E-state index contributed by atoms with van der Waals surface area (Å²) in [5.74, 6) is 0.133. The predicted octanol–water partition coefficient (Wildman–Crippen LogP) is 5.13. The number of nitrogens with one attached hydrogen (secondary N) is 1. The average Bonchev–Trinajstić information content (AvgIpc) is 2.90. The Kier molecular flexibility index (Phi) is 7.45. The first-order valence-electron chi connectivity index (χ1n) is 11.8. The lowest BCUT2D eigenvalue weighted by atomic mass is 9.86. The van der Waals surface area contributed by atoms with Crippen LogP contribution in [-0.4, -0.2) is 48.4 Å². The van der Waals surface area contributed by atoms with E-state index < -0.39 is 5.67 Å². The second-order valence-electron chi connectivity index (χ2n) is 8.95. The van der Waals surface area contributed by atoms with Gasteiger partial charge in [-0.15, -0.1) is 0 Å². The van der Waals surface area contributed by atoms with E-state index in [0.29, 0.717) is 33.1 Å². The van der Waals surface area contributed by atoms with Gasteiger partial charge in [0.15, 0.2) is 0 Å². The van der Waals surface area contributed by atoms with Gasteiger partial charge in [0.05, 0.1) is 16.3 Å². The standard InChI is InChI=1S/C27H29ClFN5O2/c1-3-33(2)24-11-5-19(17-31-24)25(35)32-23-16-18(4-10-22(23)28)26(36)34-14-12-27(29,13-15-34)20-6-8-21(30)9-7-20/h4-11,16-17H,3,12-15,30H2,1-2H3,(H,32,35). The minimum absolute atomic E-state index is 0.191. The van der Waals surface area contributed by atoms with Gasteiger partial charge in [-0.2, -0.15) is 0 Å². The topological polar surface area (TPSA) is 91.6 Å². The maximum Gasteiger partial charge on any atom is 0.257 e. The number of benzene rings is 2. The van der Waals surface area contributed by atoms with Gasteiger partial charge < -0.3 is 20.9 Å². The van der Waals surface area contributed by atoms with Crippen molar-refractivity contribution in [3.8, 4) is 0 Å². The number of amides is 2. The van der Waals surface area contributed by atoms with E-state index >= 15 is 4.39 Å². The van der Waals surface area contributed by atoms with Crippen molar-refractivity contribution in [2.45, 2.75) is 25.4 Å². The van der Waals surface area contributed by atoms with Crippen molar-refractivity contribution < 1.29 is 14.0 Å². The number of nitrogens with zero attached hydrogens (tertiary/aromatic N) is 3. The largest absolute Gasteiger partial charge is 0.399 e. The molecule has 2 amide bonds. The normalized spacial score (nSPS) is 14.8. The number of halogens is 2. The van der Waals surface area contributed by atoms with E-state index in [1.807, 2.05) is 18.9 Å². The number of hydrogen-bond acceptors (Lipinski definition) is 5. The zero-order chi connectivity index (χ0) is 25.9. The number of alkyl halides is 1. The van der Waals surface area contributed by atoms with Crippen LogP contribution in [0, 0.1) is 0 Å². The van der Waals surface area contributed by atoms with Gasteiger partial charge in [0.2, 0.25) is 0 Å². The van der Waals surface area contributed by atoms with Crippen molar-refractivity contribution >= 4 is 40.6 Å². The molecule has 9 heteroatoms. The number of carbonyl (C=O) groups excluding carboxylic acids is 2. The molecule has 1 fully saturated rings. The third-order valence-corrected chi connectivity index (χ3v) is 6.94. The van der Waals surface area contributed by atoms with Crippen molar-refractivity contribution in [3.63, 3.8) is 0 Å². The van der Waals surface area contributed by atoms with Gasteiger partial charge in [-0.1, -0.05) is 23.7 Å². The quantitative estimate of drug-likeness (QED) is 0.450. The molecule has 1 aliphatic heterocycles. The number of nitrogens with two attached hydrogens (primary N) is 1. The summed E-state index contributed by atoms with van der Waals surface area (Å²) in [4.78, 5) is 33.8. The highest BCUT2D eigenvalue weighted by Crippen LogP contribution is 2.37. The zero-order valence-electron chi connectivity index (χ0n) is 20.3. The Morgan fingerprint density at radius 1 is 1.11 bits per heavy atom. The van der Waals surface area contributed by atoms with E-state index in [0.717, 1.165) is 12.4 Å². The van der Waals surface area contributed by atoms with Gasteiger partial charge in [0.25, 0.3) is 11.8 Å². The van der Waals surface area contributed by atoms with Gasteiger partial charge in [-0.25, -0.2) is 9.37 Å². The third kappa shape index (κ3) is 5.44. The fraction of sp³-hybridized carbons (Fsp3) is 0.296. The van der Waals surface area contributed by atoms with Gasteiger partial charge in [0, 0.05) is 57.0 Å². The second-order valence-corrected chi connectivity index (χ2v) is 9.35. The van der Waals surface area contributed by atoms with Crippen LogP contribution in [0.5, 0.6) is 0 Å². The first kappa shape index (κ1) is 25.4. The summed E-state index contributed by atoms with van der Waals surface area (Å²) in [5, 5.41) is 3.07. The Balaban J connectivity index is 1.43. The van der Waals surface area contributed by atoms with Crippen molar-refractivity contribution in [2.75, 3.05) is 42.6 Å². The molecule has 36 heavy (non-hydrogen) atoms. The Morgan fingerprint density at radius 2 is 1.78 bits per heavy atom. The van der Waals surface area contributed by atoms with Crippen LogP contribution in [0.2, 0.25) is 5.02 Å². The van der Waals surface area contributed by atoms with Crippen molar-refractivity contribution in [2.24, 2.45) is 0 Å². The predicted molar refractivity (Wildman–Crippen MR) is 141 cm³/mol. The van der Waals surface area contributed by atoms with Crippen LogP contribution in [0.25, 0.3) is 0 Å². The molecule has 1 aromatic heterocycles. The molecule has 2 aromatic carbocycles. The van der Waals surface area contributed by atoms with Crippen LogP contribution in [0.1, 0.15) is 46.0 Å². The highest BCUT2D eigenvalue weighted by molar-refractivity contribution is 6.34. The summed E-state index contributed by atoms with van der Waals surface area (Å²) in [6.45, 7) is 3.35. The second kappa shape index (κ2) is 10.5. The Bertz CT molecular complexity index is 1240. The van der Waals surface area contributed by atoms with Crippen LogP contribution >= 0.6 is 11.6 Å². The molecule has 0 bridgehead atoms. The molecule has 4 rings (SSSR count). The maximum atomic E-state index is 15.5. The smallest absolute Gasteiger partial charge is 0.257 e. The van der Waals surface area contributed by atoms with E-state index in [4.69, 9.17) is 17.3 Å². The van der Waals surface area contributed by atoms with Gasteiger partial charge in [-0.3, -0.25) is 9.59 Å². The van der Waals surface area contributed by atoms with Crippen LogP contribution in [0.15, 0.2) is 60.8 Å². The summed E-state index contributed by atoms with van der Waals surface area (Å²) in [5.41, 5.74) is 6.43. The molecule has 7 nitrogen and oxygen atoms in total. The number of aromatic nitrogens is 1. The first-order valence-corrected chi connectivity index (χ1v) is 12.2. The summed E-state index contributed by atoms with van der Waals surface area (Å²) in [6, 6.07) is 15.0. The highest BCUT2D eigenvalue weighted by Gasteiger charge is 2.37. The number of pyridine rings is 1. The monoisotopic (exact) mass is 509 g/mol. The fourth-order valence-corrected chi connectivity index (χ4v) is 4.34. The molecule has 0 spiro atoms. The number of hydrogen-bond donors (Lipinski definition) is 2. The van der Waals surface area contributed by atoms with Crippen LogP contribution in [0.4, 0.5) is 21.6 Å². The molecular formula is C27H29ClFN5O2. The summed E-state index contributed by atoms with van der Waals surface area (Å²) >= 11 is 6.30. The van der Waals surface area contributed by atoms with Gasteiger partial charge in [-0.05, 0) is 55.0 Å². The lowest BCUT2D eigenvalue weighted by molar-refractivity contribution is 0.0421. The highest BCUT2D eigenvalue weighted by atomic mass is 35.5. The minimum atomic E-state index is -1.50. The SMILES string of the molecule is CCN(C)c1ccc(C(=O)Nc2cc(C(=O)N3CCC(F)(c4ccc(N)cc4)CC3)ccc2Cl)cn1. The van der Waals surface area contributed by atoms with Crippen molar-refractivity contribution in [1.29, 1.82) is 0 Å². The molecule has 0 aliphatic carbocycles. The Hall–Kier alpha value is -3.65. The van der Waals surface area contributed by atoms with E-state index in [2.05, 4.69) is 10.3 Å². The van der Waals surface area contributed by atoms with E-state index in [1.165, 1.54) is 6.20 Å². The molecule has 3 aromatic rings. The molecule has 188 valence electrons. The summed E-state index contributed by atoms with van der Waals surface area (Å²) < 4.78 is 15.5. The minimum Gasteiger partial charge on any atom is -0.399 e. The average molecular weight is 510 g/mol. The molecule has 0 atom stereocenters. The lowest BCUT2D eigenvalue weighted by Gasteiger charge is -2.37. The first-order chi connectivity index (χ1) is 17.2. The number of nitrogen functional groups attached to an aromatic ring is 1. The van der Waals surface area contributed by atoms with E-state index in [1.54, 1.807) is 59.5 Å². The van der Waals surface area contributed by atoms with E-state index in [-0.39, 0.29) is 37.7 Å². The molecule has 0 unspecified atom stereocenters. The van der Waals surface area contributed by atoms with Gasteiger partial charge >= 0.3 is 0 Å². The Labute approximate surface area is 215 Å². The van der Waals surface area contributed by atoms with Crippen LogP contribution < -0.4 is 16.0 Å². The Morgan fingerprint density at radius 3 is 2.39 bits per heavy atom. The third-order valence-electron chi connectivity index (χ3n) is 6.61. The number of piperidine rings is 1. The van der Waals surface area contributed by atoms with E-state index in [9.17, 15) is 9.59 Å². The molecule has 0 radical (unpaired) electrons. The van der Waals surface area contributed by atoms with Crippen LogP contribution in [0.3, 0.4) is 0 Å². The molecule has 2 heterocycles. The van der Waals surface area contributed by atoms with Crippen LogP contribution in [-0.2, 0) is 5.67 Å². The zero-order valence-corrected chi connectivity index (χ0v) is 21.1. The molecule has 3 N–H and O–H groups in total. The fourth-order valence-electron chi connectivity index (χ4n) is 4.17. The van der Waals surface area contributed by atoms with Crippen molar-refractivity contribution in [3.05, 3.63) is 82.5 Å². The lowest BCUT2D eigenvalue weighted by Crippen LogP contribution is -2.43. The molecule has 1 aliphatic rings. The number of carbonyl (C=O) groups is 2. The molecule has 0 saturated carbocycles. The summed E-state index contributed by atoms with van der Waals surface area (Å²) in [6.07, 6.45) is 1.88. The maximum absolute atomic E-state index is 15.5. The number of rotatable bonds is 6. The molecular weight excluding hydrogens is 481 g/mol. The number of likely N-dealkylation sites (tertiary alicyclic amines) is 1. The van der Waals surface area contributed by atoms with Crippen molar-refractivity contribution in [1.82, 2.24) is 9.88 Å². The summed E-state index contributed by atoms with van der Waals surface area (Å²) in [7, 11) is 1.91. The van der Waals surface area contributed by atoms with Gasteiger partial charge in [0.1, 0.15) is 11.5 Å².